The predicted molar refractivity (Wildman–Crippen MR) is 106 cm³/mol. The van der Waals surface area contributed by atoms with Crippen LogP contribution in [-0.2, 0) is 9.47 Å². The molecule has 5 aliphatic rings. The van der Waals surface area contributed by atoms with Gasteiger partial charge >= 0.3 is 6.09 Å². The average molecular weight is 376 g/mol. The summed E-state index contributed by atoms with van der Waals surface area (Å²) < 4.78 is 11.8. The van der Waals surface area contributed by atoms with E-state index in [9.17, 15) is 4.79 Å². The van der Waals surface area contributed by atoms with Gasteiger partial charge in [-0.2, -0.15) is 0 Å². The summed E-state index contributed by atoms with van der Waals surface area (Å²) in [4.78, 5) is 12.0. The highest BCUT2D eigenvalue weighted by Crippen LogP contribution is 2.62. The predicted octanol–water partition coefficient (Wildman–Crippen LogP) is 5.57. The van der Waals surface area contributed by atoms with Crippen molar-refractivity contribution in [2.45, 2.75) is 103 Å². The van der Waals surface area contributed by atoms with Gasteiger partial charge in [0, 0.05) is 11.5 Å². The Labute approximate surface area is 164 Å². The molecule has 4 nitrogen and oxygen atoms in total. The molecule has 0 aromatic rings. The Hall–Kier alpha value is -1.19. The van der Waals surface area contributed by atoms with Crippen LogP contribution >= 0.6 is 0 Å². The number of hydrogen-bond acceptors (Lipinski definition) is 3. The second-order valence-electron chi connectivity index (χ2n) is 10.9. The Morgan fingerprint density at radius 2 is 1.48 bits per heavy atom. The fourth-order valence-corrected chi connectivity index (χ4v) is 6.58. The van der Waals surface area contributed by atoms with Gasteiger partial charge in [-0.25, -0.2) is 4.79 Å². The lowest BCUT2D eigenvalue weighted by atomic mass is 9.49. The van der Waals surface area contributed by atoms with E-state index >= 15 is 0 Å². The molecule has 4 bridgehead atoms. The zero-order valence-corrected chi connectivity index (χ0v) is 17.4. The second kappa shape index (κ2) is 7.00. The first kappa shape index (κ1) is 19.1. The number of ether oxygens (including phenoxy) is 2. The average Bonchev–Trinajstić information content (AvgIpc) is 2.53. The highest BCUT2D eigenvalue weighted by atomic mass is 16.6. The van der Waals surface area contributed by atoms with E-state index in [1.54, 1.807) is 0 Å². The van der Waals surface area contributed by atoms with E-state index in [2.05, 4.69) is 11.9 Å². The SMILES string of the molecule is C=C(OC1CCC(NC(=O)OC(C)(C)C)CC1)C12CC3CC(CC(C3)C1)C2. The Morgan fingerprint density at radius 3 is 1.96 bits per heavy atom. The summed E-state index contributed by atoms with van der Waals surface area (Å²) >= 11 is 0. The molecule has 5 aliphatic carbocycles. The van der Waals surface area contributed by atoms with Crippen molar-refractivity contribution in [1.82, 2.24) is 5.32 Å². The smallest absolute Gasteiger partial charge is 0.407 e. The zero-order chi connectivity index (χ0) is 19.2. The molecule has 5 fully saturated rings. The molecule has 0 heterocycles. The van der Waals surface area contributed by atoms with Crippen molar-refractivity contribution in [3.05, 3.63) is 12.3 Å². The van der Waals surface area contributed by atoms with Crippen molar-refractivity contribution in [3.63, 3.8) is 0 Å². The van der Waals surface area contributed by atoms with Gasteiger partial charge in [-0.05, 0) is 103 Å². The van der Waals surface area contributed by atoms with E-state index in [1.165, 1.54) is 38.5 Å². The van der Waals surface area contributed by atoms with Gasteiger partial charge in [0.25, 0.3) is 0 Å². The molecule has 0 spiro atoms. The minimum atomic E-state index is -0.444. The number of amides is 1. The summed E-state index contributed by atoms with van der Waals surface area (Å²) in [6.45, 7) is 10.1. The maximum absolute atomic E-state index is 12.0. The first-order valence-corrected chi connectivity index (χ1v) is 11.1. The van der Waals surface area contributed by atoms with Crippen LogP contribution in [0.2, 0.25) is 0 Å². The lowest BCUT2D eigenvalue weighted by Crippen LogP contribution is -2.47. The molecular formula is C23H37NO3. The van der Waals surface area contributed by atoms with Crippen molar-refractivity contribution in [1.29, 1.82) is 0 Å². The van der Waals surface area contributed by atoms with Crippen LogP contribution in [0, 0.1) is 23.2 Å². The van der Waals surface area contributed by atoms with E-state index in [1.807, 2.05) is 20.8 Å². The minimum Gasteiger partial charge on any atom is -0.495 e. The number of alkyl carbamates (subject to hydrolysis) is 1. The van der Waals surface area contributed by atoms with Gasteiger partial charge in [0.2, 0.25) is 0 Å². The Kier molecular flexibility index (Phi) is 4.97. The number of rotatable bonds is 4. The molecule has 0 saturated heterocycles. The van der Waals surface area contributed by atoms with Gasteiger partial charge < -0.3 is 14.8 Å². The van der Waals surface area contributed by atoms with Crippen molar-refractivity contribution in [2.24, 2.45) is 23.2 Å². The quantitative estimate of drug-likeness (QED) is 0.654. The lowest BCUT2D eigenvalue weighted by molar-refractivity contribution is -0.0748. The van der Waals surface area contributed by atoms with Gasteiger partial charge in [-0.1, -0.05) is 6.58 Å². The van der Waals surface area contributed by atoms with Crippen LogP contribution in [0.4, 0.5) is 4.79 Å². The lowest BCUT2D eigenvalue weighted by Gasteiger charge is -2.57. The Balaban J connectivity index is 1.25. The third-order valence-corrected chi connectivity index (χ3v) is 7.33. The highest BCUT2D eigenvalue weighted by Gasteiger charge is 2.53. The summed E-state index contributed by atoms with van der Waals surface area (Å²) in [5, 5.41) is 3.02. The van der Waals surface area contributed by atoms with Crippen molar-refractivity contribution < 1.29 is 14.3 Å². The molecule has 5 rings (SSSR count). The summed E-state index contributed by atoms with van der Waals surface area (Å²) in [6, 6.07) is 0.201. The van der Waals surface area contributed by atoms with Gasteiger partial charge in [0.05, 0.1) is 11.9 Å². The van der Waals surface area contributed by atoms with Gasteiger partial charge in [-0.3, -0.25) is 0 Å². The molecule has 27 heavy (non-hydrogen) atoms. The van der Waals surface area contributed by atoms with Gasteiger partial charge in [-0.15, -0.1) is 0 Å². The van der Waals surface area contributed by atoms with Crippen LogP contribution in [0.5, 0.6) is 0 Å². The number of carbonyl (C=O) groups excluding carboxylic acids is 1. The fraction of sp³-hybridized carbons (Fsp3) is 0.870. The molecule has 0 radical (unpaired) electrons. The Bertz CT molecular complexity index is 548. The molecule has 152 valence electrons. The van der Waals surface area contributed by atoms with Crippen LogP contribution in [0.25, 0.3) is 0 Å². The van der Waals surface area contributed by atoms with E-state index < -0.39 is 5.60 Å². The van der Waals surface area contributed by atoms with Crippen LogP contribution in [0.3, 0.4) is 0 Å². The molecular weight excluding hydrogens is 338 g/mol. The summed E-state index contributed by atoms with van der Waals surface area (Å²) in [7, 11) is 0. The molecule has 4 heteroatoms. The molecule has 5 saturated carbocycles. The number of nitrogens with one attached hydrogen (secondary N) is 1. The standard InChI is InChI=1S/C23H37NO3/c1-15(23-12-16-9-17(13-23)11-18(10-16)14-23)26-20-7-5-19(6-8-20)24-21(25)27-22(2,3)4/h16-20H,1,5-14H2,2-4H3,(H,24,25). The number of carbonyl (C=O) groups is 1. The normalized spacial score (nSPS) is 40.5. The van der Waals surface area contributed by atoms with Gasteiger partial charge in [0.1, 0.15) is 5.60 Å². The largest absolute Gasteiger partial charge is 0.495 e. The minimum absolute atomic E-state index is 0.201. The first-order chi connectivity index (χ1) is 12.7. The van der Waals surface area contributed by atoms with E-state index in [0.717, 1.165) is 49.2 Å². The molecule has 0 unspecified atom stereocenters. The van der Waals surface area contributed by atoms with Crippen molar-refractivity contribution in [2.75, 3.05) is 0 Å². The monoisotopic (exact) mass is 375 g/mol. The van der Waals surface area contributed by atoms with Gasteiger partial charge in [0.15, 0.2) is 0 Å². The third kappa shape index (κ3) is 4.30. The van der Waals surface area contributed by atoms with E-state index in [0.29, 0.717) is 0 Å². The van der Waals surface area contributed by atoms with Crippen molar-refractivity contribution >= 4 is 6.09 Å². The highest BCUT2D eigenvalue weighted by molar-refractivity contribution is 5.68. The topological polar surface area (TPSA) is 47.6 Å². The van der Waals surface area contributed by atoms with Crippen LogP contribution in [0.1, 0.15) is 85.0 Å². The number of hydrogen-bond donors (Lipinski definition) is 1. The number of allylic oxidation sites excluding steroid dienone is 1. The Morgan fingerprint density at radius 1 is 0.963 bits per heavy atom. The third-order valence-electron chi connectivity index (χ3n) is 7.33. The zero-order valence-electron chi connectivity index (χ0n) is 17.4. The molecule has 0 aliphatic heterocycles. The van der Waals surface area contributed by atoms with E-state index in [-0.39, 0.29) is 23.7 Å². The maximum Gasteiger partial charge on any atom is 0.407 e. The maximum atomic E-state index is 12.0. The van der Waals surface area contributed by atoms with Crippen molar-refractivity contribution in [3.8, 4) is 0 Å². The molecule has 0 atom stereocenters. The summed E-state index contributed by atoms with van der Waals surface area (Å²) in [5.41, 5.74) is -0.166. The first-order valence-electron chi connectivity index (χ1n) is 11.1. The van der Waals surface area contributed by atoms with Crippen LogP contribution in [0.15, 0.2) is 12.3 Å². The van der Waals surface area contributed by atoms with Crippen LogP contribution < -0.4 is 5.32 Å². The second-order valence-corrected chi connectivity index (χ2v) is 10.9. The summed E-state index contributed by atoms with van der Waals surface area (Å²) in [6.07, 6.45) is 12.2. The molecule has 1 amide bonds. The molecule has 0 aromatic carbocycles. The fourth-order valence-electron chi connectivity index (χ4n) is 6.58. The van der Waals surface area contributed by atoms with E-state index in [4.69, 9.17) is 9.47 Å². The summed E-state index contributed by atoms with van der Waals surface area (Å²) in [5.74, 6) is 3.85. The van der Waals surface area contributed by atoms with Crippen LogP contribution in [-0.4, -0.2) is 23.8 Å². The molecule has 1 N–H and O–H groups in total. The molecule has 0 aromatic heterocycles.